The zero-order valence-electron chi connectivity index (χ0n) is 11.0. The highest BCUT2D eigenvalue weighted by molar-refractivity contribution is 5.54. The molecule has 6 heteroatoms. The number of rotatable bonds is 5. The van der Waals surface area contributed by atoms with Crippen molar-refractivity contribution < 1.29 is 13.2 Å². The van der Waals surface area contributed by atoms with Gasteiger partial charge in [0.25, 0.3) is 0 Å². The lowest BCUT2D eigenvalue weighted by Crippen LogP contribution is -2.14. The van der Waals surface area contributed by atoms with Gasteiger partial charge in [-0.3, -0.25) is 0 Å². The van der Waals surface area contributed by atoms with E-state index in [1.165, 1.54) is 0 Å². The fourth-order valence-corrected chi connectivity index (χ4v) is 1.69. The second-order valence-electron chi connectivity index (χ2n) is 4.35. The van der Waals surface area contributed by atoms with Crippen molar-refractivity contribution in [1.82, 2.24) is 15.3 Å². The molecule has 0 aliphatic heterocycles. The molecule has 0 saturated heterocycles. The van der Waals surface area contributed by atoms with Crippen LogP contribution in [0, 0.1) is 17.5 Å². The number of hydrogen-bond acceptors (Lipinski definition) is 3. The van der Waals surface area contributed by atoms with Crippen LogP contribution in [0.3, 0.4) is 0 Å². The minimum absolute atomic E-state index is 0.106. The van der Waals surface area contributed by atoms with Crippen LogP contribution in [-0.4, -0.2) is 16.5 Å². The lowest BCUT2D eigenvalue weighted by atomic mass is 10.2. The first-order valence-electron chi connectivity index (χ1n) is 6.28. The van der Waals surface area contributed by atoms with Gasteiger partial charge in [0.1, 0.15) is 0 Å². The van der Waals surface area contributed by atoms with Gasteiger partial charge in [-0.1, -0.05) is 6.92 Å². The van der Waals surface area contributed by atoms with Gasteiger partial charge in [-0.15, -0.1) is 0 Å². The molecule has 0 unspecified atom stereocenters. The van der Waals surface area contributed by atoms with Crippen molar-refractivity contribution in [3.05, 3.63) is 47.5 Å². The Labute approximate surface area is 114 Å². The average Bonchev–Trinajstić information content (AvgIpc) is 2.45. The van der Waals surface area contributed by atoms with Crippen LogP contribution in [0.5, 0.6) is 0 Å². The Balaban J connectivity index is 2.17. The van der Waals surface area contributed by atoms with Gasteiger partial charge in [0, 0.05) is 30.1 Å². The van der Waals surface area contributed by atoms with Gasteiger partial charge in [-0.2, -0.15) is 0 Å². The Bertz CT molecular complexity index is 562. The van der Waals surface area contributed by atoms with Crippen LogP contribution in [-0.2, 0) is 6.54 Å². The van der Waals surface area contributed by atoms with Gasteiger partial charge in [-0.25, -0.2) is 23.1 Å². The molecule has 0 spiro atoms. The van der Waals surface area contributed by atoms with Crippen LogP contribution < -0.4 is 5.32 Å². The van der Waals surface area contributed by atoms with Crippen molar-refractivity contribution in [2.75, 3.05) is 6.54 Å². The highest BCUT2D eigenvalue weighted by Crippen LogP contribution is 2.20. The van der Waals surface area contributed by atoms with Crippen molar-refractivity contribution in [1.29, 1.82) is 0 Å². The first-order valence-corrected chi connectivity index (χ1v) is 6.28. The van der Waals surface area contributed by atoms with Gasteiger partial charge >= 0.3 is 0 Å². The van der Waals surface area contributed by atoms with E-state index in [1.54, 1.807) is 12.4 Å². The third kappa shape index (κ3) is 3.33. The Morgan fingerprint density at radius 3 is 2.20 bits per heavy atom. The Kier molecular flexibility index (Phi) is 4.68. The third-order valence-electron chi connectivity index (χ3n) is 2.70. The molecule has 0 aliphatic carbocycles. The van der Waals surface area contributed by atoms with Crippen molar-refractivity contribution >= 4 is 0 Å². The van der Waals surface area contributed by atoms with E-state index in [9.17, 15) is 13.2 Å². The normalized spacial score (nSPS) is 10.8. The highest BCUT2D eigenvalue weighted by atomic mass is 19.2. The van der Waals surface area contributed by atoms with Gasteiger partial charge in [0.15, 0.2) is 23.3 Å². The lowest BCUT2D eigenvalue weighted by Gasteiger charge is -2.05. The molecular formula is C14H14F3N3. The Hall–Kier alpha value is -1.95. The van der Waals surface area contributed by atoms with E-state index in [4.69, 9.17) is 0 Å². The van der Waals surface area contributed by atoms with E-state index in [2.05, 4.69) is 22.2 Å². The largest absolute Gasteiger partial charge is 0.313 e. The summed E-state index contributed by atoms with van der Waals surface area (Å²) in [6.07, 6.45) is 4.17. The Morgan fingerprint density at radius 1 is 1.05 bits per heavy atom. The van der Waals surface area contributed by atoms with E-state index in [1.807, 2.05) is 0 Å². The van der Waals surface area contributed by atoms with Crippen molar-refractivity contribution in [2.45, 2.75) is 19.9 Å². The summed E-state index contributed by atoms with van der Waals surface area (Å²) >= 11 is 0. The quantitative estimate of drug-likeness (QED) is 0.676. The summed E-state index contributed by atoms with van der Waals surface area (Å²) in [6.45, 7) is 3.57. The molecule has 0 radical (unpaired) electrons. The van der Waals surface area contributed by atoms with E-state index >= 15 is 0 Å². The second-order valence-corrected chi connectivity index (χ2v) is 4.35. The van der Waals surface area contributed by atoms with Crippen molar-refractivity contribution in [3.8, 4) is 11.4 Å². The standard InChI is InChI=1S/C14H14F3N3/c1-2-3-18-6-9-7-19-14(20-8-9)10-4-11(15)13(17)12(16)5-10/h4-5,7-8,18H,2-3,6H2,1H3. The van der Waals surface area contributed by atoms with Gasteiger partial charge in [0.2, 0.25) is 0 Å². The molecule has 0 fully saturated rings. The summed E-state index contributed by atoms with van der Waals surface area (Å²) in [5, 5.41) is 3.19. The summed E-state index contributed by atoms with van der Waals surface area (Å²) in [4.78, 5) is 8.07. The topological polar surface area (TPSA) is 37.8 Å². The number of nitrogens with one attached hydrogen (secondary N) is 1. The average molecular weight is 281 g/mol. The van der Waals surface area contributed by atoms with E-state index < -0.39 is 17.5 Å². The minimum atomic E-state index is -1.49. The number of nitrogens with zero attached hydrogens (tertiary/aromatic N) is 2. The number of halogens is 3. The molecule has 0 atom stereocenters. The number of aromatic nitrogens is 2. The molecule has 3 nitrogen and oxygen atoms in total. The van der Waals surface area contributed by atoms with Crippen LogP contribution >= 0.6 is 0 Å². The van der Waals surface area contributed by atoms with E-state index in [0.717, 1.165) is 30.7 Å². The molecule has 2 aromatic rings. The molecule has 1 heterocycles. The van der Waals surface area contributed by atoms with Crippen LogP contribution in [0.1, 0.15) is 18.9 Å². The Morgan fingerprint density at radius 2 is 1.65 bits per heavy atom. The lowest BCUT2D eigenvalue weighted by molar-refractivity contribution is 0.447. The monoisotopic (exact) mass is 281 g/mol. The minimum Gasteiger partial charge on any atom is -0.313 e. The molecule has 1 aromatic heterocycles. The van der Waals surface area contributed by atoms with Gasteiger partial charge in [-0.05, 0) is 25.1 Å². The van der Waals surface area contributed by atoms with Crippen molar-refractivity contribution in [2.24, 2.45) is 0 Å². The summed E-state index contributed by atoms with van der Waals surface area (Å²) in [5.41, 5.74) is 0.972. The fourth-order valence-electron chi connectivity index (χ4n) is 1.69. The number of hydrogen-bond donors (Lipinski definition) is 1. The number of benzene rings is 1. The first-order chi connectivity index (χ1) is 9.61. The predicted molar refractivity (Wildman–Crippen MR) is 69.3 cm³/mol. The second kappa shape index (κ2) is 6.47. The zero-order chi connectivity index (χ0) is 14.5. The molecule has 20 heavy (non-hydrogen) atoms. The molecule has 0 aliphatic rings. The molecule has 106 valence electrons. The SMILES string of the molecule is CCCNCc1cnc(-c2cc(F)c(F)c(F)c2)nc1. The zero-order valence-corrected chi connectivity index (χ0v) is 11.0. The third-order valence-corrected chi connectivity index (χ3v) is 2.70. The molecule has 0 amide bonds. The maximum atomic E-state index is 13.1. The van der Waals surface area contributed by atoms with Crippen LogP contribution in [0.2, 0.25) is 0 Å². The molecular weight excluding hydrogens is 267 g/mol. The molecule has 1 aromatic carbocycles. The van der Waals surface area contributed by atoms with Gasteiger partial charge in [0.05, 0.1) is 0 Å². The van der Waals surface area contributed by atoms with Crippen LogP contribution in [0.4, 0.5) is 13.2 Å². The predicted octanol–water partition coefficient (Wildman–Crippen LogP) is 3.06. The molecule has 0 bridgehead atoms. The fraction of sp³-hybridized carbons (Fsp3) is 0.286. The van der Waals surface area contributed by atoms with Crippen molar-refractivity contribution in [3.63, 3.8) is 0 Å². The van der Waals surface area contributed by atoms with E-state index in [-0.39, 0.29) is 11.4 Å². The van der Waals surface area contributed by atoms with Crippen LogP contribution in [0.15, 0.2) is 24.5 Å². The maximum absolute atomic E-state index is 13.1. The summed E-state index contributed by atoms with van der Waals surface area (Å²) in [6, 6.07) is 1.76. The molecule has 2 rings (SSSR count). The first kappa shape index (κ1) is 14.5. The maximum Gasteiger partial charge on any atom is 0.194 e. The van der Waals surface area contributed by atoms with E-state index in [0.29, 0.717) is 6.54 Å². The smallest absolute Gasteiger partial charge is 0.194 e. The summed E-state index contributed by atoms with van der Waals surface area (Å²) in [7, 11) is 0. The van der Waals surface area contributed by atoms with Crippen LogP contribution in [0.25, 0.3) is 11.4 Å². The molecule has 1 N–H and O–H groups in total. The summed E-state index contributed by atoms with van der Waals surface area (Å²) in [5.74, 6) is -3.84. The summed E-state index contributed by atoms with van der Waals surface area (Å²) < 4.78 is 39.1. The highest BCUT2D eigenvalue weighted by Gasteiger charge is 2.12. The molecule has 0 saturated carbocycles. The van der Waals surface area contributed by atoms with Gasteiger partial charge < -0.3 is 5.32 Å².